The number of rotatable bonds is 7. The van der Waals surface area contributed by atoms with Gasteiger partial charge >= 0.3 is 0 Å². The van der Waals surface area contributed by atoms with Crippen LogP contribution in [0.1, 0.15) is 37.1 Å². The van der Waals surface area contributed by atoms with E-state index < -0.39 is 10.0 Å². The molecule has 1 N–H and O–H groups in total. The van der Waals surface area contributed by atoms with Crippen molar-refractivity contribution in [1.82, 2.24) is 29.3 Å². The van der Waals surface area contributed by atoms with E-state index in [9.17, 15) is 13.2 Å². The number of sulfonamides is 1. The van der Waals surface area contributed by atoms with E-state index >= 15 is 0 Å². The van der Waals surface area contributed by atoms with Gasteiger partial charge in [0.15, 0.2) is 0 Å². The average molecular weight is 444 g/mol. The number of carbonyl (C=O) groups is 1. The summed E-state index contributed by atoms with van der Waals surface area (Å²) in [6, 6.07) is 6.73. The van der Waals surface area contributed by atoms with Crippen LogP contribution in [0, 0.1) is 13.8 Å². The fraction of sp³-hybridized carbons (Fsp3) is 0.450. The van der Waals surface area contributed by atoms with E-state index in [0.717, 1.165) is 29.7 Å². The Bertz CT molecular complexity index is 1200. The van der Waals surface area contributed by atoms with Gasteiger partial charge in [0.05, 0.1) is 10.4 Å². The van der Waals surface area contributed by atoms with Crippen LogP contribution < -0.4 is 5.32 Å². The Kier molecular flexibility index (Phi) is 5.96. The summed E-state index contributed by atoms with van der Waals surface area (Å²) < 4.78 is 28.7. The molecule has 0 unspecified atom stereocenters. The van der Waals surface area contributed by atoms with Crippen LogP contribution in [0.2, 0.25) is 0 Å². The number of aryl methyl sites for hydroxylation is 3. The first-order chi connectivity index (χ1) is 14.8. The second-order valence-electron chi connectivity index (χ2n) is 7.70. The third-order valence-electron chi connectivity index (χ3n) is 5.20. The van der Waals surface area contributed by atoms with Crippen LogP contribution in [0.4, 0.5) is 5.95 Å². The first-order valence-corrected chi connectivity index (χ1v) is 11.7. The number of anilines is 1. The Morgan fingerprint density at radius 1 is 1.10 bits per heavy atom. The van der Waals surface area contributed by atoms with Crippen molar-refractivity contribution in [2.24, 2.45) is 0 Å². The molecule has 0 radical (unpaired) electrons. The lowest BCUT2D eigenvalue weighted by Crippen LogP contribution is -2.27. The second-order valence-corrected chi connectivity index (χ2v) is 9.64. The van der Waals surface area contributed by atoms with Crippen LogP contribution in [0.3, 0.4) is 0 Å². The normalized spacial score (nSPS) is 14.9. The molecule has 1 aliphatic rings. The summed E-state index contributed by atoms with van der Waals surface area (Å²) in [5.41, 5.74) is 2.85. The van der Waals surface area contributed by atoms with Gasteiger partial charge in [0, 0.05) is 37.4 Å². The van der Waals surface area contributed by atoms with Crippen LogP contribution >= 0.6 is 0 Å². The van der Waals surface area contributed by atoms with Gasteiger partial charge in [-0.05, 0) is 57.4 Å². The van der Waals surface area contributed by atoms with Crippen molar-refractivity contribution < 1.29 is 13.2 Å². The lowest BCUT2D eigenvalue weighted by atomic mass is 10.2. The number of amides is 1. The maximum atomic E-state index is 12.7. The molecule has 0 bridgehead atoms. The van der Waals surface area contributed by atoms with Crippen LogP contribution in [-0.2, 0) is 21.4 Å². The van der Waals surface area contributed by atoms with Crippen molar-refractivity contribution in [3.05, 3.63) is 35.7 Å². The highest BCUT2D eigenvalue weighted by atomic mass is 32.2. The molecule has 1 aliphatic heterocycles. The third-order valence-corrected chi connectivity index (χ3v) is 7.09. The zero-order chi connectivity index (χ0) is 22.0. The summed E-state index contributed by atoms with van der Waals surface area (Å²) in [4.78, 5) is 20.9. The summed E-state index contributed by atoms with van der Waals surface area (Å²) in [7, 11) is -3.49. The zero-order valence-electron chi connectivity index (χ0n) is 17.6. The largest absolute Gasteiger partial charge is 0.295 e. The summed E-state index contributed by atoms with van der Waals surface area (Å²) in [6.07, 6.45) is 2.60. The molecular weight excluding hydrogens is 418 g/mol. The van der Waals surface area contributed by atoms with E-state index in [-0.39, 0.29) is 17.2 Å². The van der Waals surface area contributed by atoms with Gasteiger partial charge in [-0.3, -0.25) is 10.1 Å². The SMILES string of the molecule is Cc1cc(C)nc(NC(=O)CCCn2nnc3cc(S(=O)(=O)N4CCCC4)ccc32)n1. The molecule has 3 heterocycles. The van der Waals surface area contributed by atoms with Gasteiger partial charge in [0.25, 0.3) is 0 Å². The molecule has 3 aromatic rings. The fourth-order valence-corrected chi connectivity index (χ4v) is 5.25. The number of hydrogen-bond acceptors (Lipinski definition) is 7. The van der Waals surface area contributed by atoms with Gasteiger partial charge < -0.3 is 0 Å². The minimum Gasteiger partial charge on any atom is -0.295 e. The number of nitrogens with one attached hydrogen (secondary N) is 1. The smallest absolute Gasteiger partial charge is 0.243 e. The van der Waals surface area contributed by atoms with Crippen LogP contribution in [-0.4, -0.2) is 56.7 Å². The molecule has 11 heteroatoms. The highest BCUT2D eigenvalue weighted by Crippen LogP contribution is 2.23. The Balaban J connectivity index is 1.38. The number of hydrogen-bond donors (Lipinski definition) is 1. The summed E-state index contributed by atoms with van der Waals surface area (Å²) in [5.74, 6) is 0.133. The predicted molar refractivity (Wildman–Crippen MR) is 115 cm³/mol. The van der Waals surface area contributed by atoms with Crippen molar-refractivity contribution >= 4 is 32.9 Å². The monoisotopic (exact) mass is 443 g/mol. The number of carbonyl (C=O) groups excluding carboxylic acids is 1. The van der Waals surface area contributed by atoms with Crippen molar-refractivity contribution in [3.8, 4) is 0 Å². The lowest BCUT2D eigenvalue weighted by Gasteiger charge is -2.15. The topological polar surface area (TPSA) is 123 Å². The highest BCUT2D eigenvalue weighted by Gasteiger charge is 2.27. The summed E-state index contributed by atoms with van der Waals surface area (Å²) in [5, 5.41) is 10.9. The maximum Gasteiger partial charge on any atom is 0.243 e. The minimum absolute atomic E-state index is 0.173. The molecule has 164 valence electrons. The second kappa shape index (κ2) is 8.67. The van der Waals surface area contributed by atoms with Crippen molar-refractivity contribution in [1.29, 1.82) is 0 Å². The molecule has 0 atom stereocenters. The molecule has 10 nitrogen and oxygen atoms in total. The summed E-state index contributed by atoms with van der Waals surface area (Å²) in [6.45, 7) is 5.30. The highest BCUT2D eigenvalue weighted by molar-refractivity contribution is 7.89. The van der Waals surface area contributed by atoms with E-state index in [1.54, 1.807) is 22.9 Å². The van der Waals surface area contributed by atoms with E-state index in [1.165, 1.54) is 4.31 Å². The number of fused-ring (bicyclic) bond motifs is 1. The first kappa shape index (κ1) is 21.3. The molecule has 31 heavy (non-hydrogen) atoms. The fourth-order valence-electron chi connectivity index (χ4n) is 3.71. The molecule has 1 saturated heterocycles. The standard InChI is InChI=1S/C20H25N7O3S/c1-14-12-15(2)22-20(21-14)23-19(28)6-5-11-27-18-8-7-16(13-17(18)24-25-27)31(29,30)26-9-3-4-10-26/h7-8,12-13H,3-6,9-11H2,1-2H3,(H,21,22,23,28). The van der Waals surface area contributed by atoms with E-state index in [2.05, 4.69) is 25.6 Å². The van der Waals surface area contributed by atoms with Crippen LogP contribution in [0.15, 0.2) is 29.2 Å². The Hall–Kier alpha value is -2.92. The van der Waals surface area contributed by atoms with Gasteiger partial charge in [-0.25, -0.2) is 23.1 Å². The number of benzene rings is 1. The van der Waals surface area contributed by atoms with Gasteiger partial charge in [0.2, 0.25) is 21.9 Å². The number of nitrogens with zero attached hydrogens (tertiary/aromatic N) is 6. The maximum absolute atomic E-state index is 12.7. The molecule has 2 aromatic heterocycles. The molecular formula is C20H25N7O3S. The number of aromatic nitrogens is 5. The third kappa shape index (κ3) is 4.72. The Morgan fingerprint density at radius 3 is 2.52 bits per heavy atom. The van der Waals surface area contributed by atoms with Gasteiger partial charge in [-0.15, -0.1) is 5.10 Å². The van der Waals surface area contributed by atoms with Crippen molar-refractivity contribution in [2.75, 3.05) is 18.4 Å². The van der Waals surface area contributed by atoms with Crippen molar-refractivity contribution in [3.63, 3.8) is 0 Å². The Morgan fingerprint density at radius 2 is 1.81 bits per heavy atom. The molecule has 0 spiro atoms. The van der Waals surface area contributed by atoms with E-state index in [4.69, 9.17) is 0 Å². The molecule has 0 saturated carbocycles. The quantitative estimate of drug-likeness (QED) is 0.593. The van der Waals surface area contributed by atoms with E-state index in [1.807, 2.05) is 19.9 Å². The minimum atomic E-state index is -3.49. The first-order valence-electron chi connectivity index (χ1n) is 10.3. The molecule has 4 rings (SSSR count). The van der Waals surface area contributed by atoms with Gasteiger partial charge in [-0.1, -0.05) is 5.21 Å². The predicted octanol–water partition coefficient (Wildman–Crippen LogP) is 2.04. The van der Waals surface area contributed by atoms with Gasteiger partial charge in [-0.2, -0.15) is 4.31 Å². The van der Waals surface area contributed by atoms with Gasteiger partial charge in [0.1, 0.15) is 5.52 Å². The lowest BCUT2D eigenvalue weighted by molar-refractivity contribution is -0.116. The average Bonchev–Trinajstić information content (AvgIpc) is 3.37. The molecule has 1 fully saturated rings. The van der Waals surface area contributed by atoms with Crippen molar-refractivity contribution in [2.45, 2.75) is 51.0 Å². The molecule has 1 amide bonds. The molecule has 0 aliphatic carbocycles. The van der Waals surface area contributed by atoms with Crippen LogP contribution in [0.25, 0.3) is 11.0 Å². The summed E-state index contributed by atoms with van der Waals surface area (Å²) >= 11 is 0. The van der Waals surface area contributed by atoms with Crippen LogP contribution in [0.5, 0.6) is 0 Å². The Labute approximate surface area is 180 Å². The zero-order valence-corrected chi connectivity index (χ0v) is 18.4. The molecule has 1 aromatic carbocycles. The van der Waals surface area contributed by atoms with E-state index in [0.29, 0.717) is 37.5 Å².